The molecule has 20 heavy (non-hydrogen) atoms. The van der Waals surface area contributed by atoms with E-state index in [-0.39, 0.29) is 16.5 Å². The topological polar surface area (TPSA) is 66.4 Å². The molecule has 0 spiro atoms. The van der Waals surface area contributed by atoms with Crippen LogP contribution in [0.4, 0.5) is 5.69 Å². The van der Waals surface area contributed by atoms with Crippen molar-refractivity contribution < 1.29 is 14.7 Å². The molecule has 8 heteroatoms. The summed E-state index contributed by atoms with van der Waals surface area (Å²) < 4.78 is 1.59. The lowest BCUT2D eigenvalue weighted by molar-refractivity contribution is 0.0696. The van der Waals surface area contributed by atoms with Gasteiger partial charge in [0.05, 0.1) is 14.2 Å². The molecule has 1 amide bonds. The summed E-state index contributed by atoms with van der Waals surface area (Å²) in [6.45, 7) is 0. The van der Waals surface area contributed by atoms with Crippen molar-refractivity contribution in [1.29, 1.82) is 0 Å². The van der Waals surface area contributed by atoms with Crippen molar-refractivity contribution in [2.24, 2.45) is 0 Å². The Balaban J connectivity index is 2.25. The van der Waals surface area contributed by atoms with E-state index >= 15 is 0 Å². The number of rotatable bonds is 3. The fourth-order valence-corrected chi connectivity index (χ4v) is 3.60. The van der Waals surface area contributed by atoms with Gasteiger partial charge in [-0.3, -0.25) is 4.79 Å². The number of amides is 1. The van der Waals surface area contributed by atoms with Crippen molar-refractivity contribution in [2.45, 2.75) is 0 Å². The second-order valence-corrected chi connectivity index (χ2v) is 7.38. The van der Waals surface area contributed by atoms with Crippen LogP contribution in [0.2, 0.25) is 5.02 Å². The second-order valence-electron chi connectivity index (χ2n) is 3.72. The van der Waals surface area contributed by atoms with E-state index in [0.717, 1.165) is 8.26 Å². The summed E-state index contributed by atoms with van der Waals surface area (Å²) in [5.41, 5.74) is 0.349. The summed E-state index contributed by atoms with van der Waals surface area (Å²) in [7, 11) is 0. The van der Waals surface area contributed by atoms with Gasteiger partial charge in [0.2, 0.25) is 0 Å². The van der Waals surface area contributed by atoms with Gasteiger partial charge in [-0.05, 0) is 56.1 Å². The Kier molecular flexibility index (Phi) is 4.85. The molecule has 0 fully saturated rings. The van der Waals surface area contributed by atoms with Gasteiger partial charge in [-0.15, -0.1) is 11.3 Å². The van der Waals surface area contributed by atoms with Crippen molar-refractivity contribution >= 4 is 72.4 Å². The summed E-state index contributed by atoms with van der Waals surface area (Å²) in [5, 5.41) is 11.8. The lowest BCUT2D eigenvalue weighted by Crippen LogP contribution is -2.10. The number of anilines is 1. The second kappa shape index (κ2) is 6.26. The Hall–Kier alpha value is -0.890. The predicted octanol–water partition coefficient (Wildman–Crippen LogP) is 4.88. The Morgan fingerprint density at radius 1 is 1.20 bits per heavy atom. The molecule has 2 rings (SSSR count). The Bertz CT molecular complexity index is 683. The van der Waals surface area contributed by atoms with Crippen LogP contribution in [0, 0.1) is 0 Å². The summed E-state index contributed by atoms with van der Waals surface area (Å²) in [5.74, 6) is -1.44. The SMILES string of the molecule is O=C(O)c1cc(Cl)cc(NC(=O)c2cc(Br)c(Br)s2)c1. The van der Waals surface area contributed by atoms with Gasteiger partial charge < -0.3 is 10.4 Å². The predicted molar refractivity (Wildman–Crippen MR) is 86.1 cm³/mol. The minimum Gasteiger partial charge on any atom is -0.478 e. The van der Waals surface area contributed by atoms with Gasteiger partial charge in [-0.1, -0.05) is 11.6 Å². The van der Waals surface area contributed by atoms with E-state index in [0.29, 0.717) is 10.6 Å². The van der Waals surface area contributed by atoms with Gasteiger partial charge >= 0.3 is 5.97 Å². The van der Waals surface area contributed by atoms with Gasteiger partial charge in [0.25, 0.3) is 5.91 Å². The zero-order chi connectivity index (χ0) is 14.9. The van der Waals surface area contributed by atoms with Crippen LogP contribution < -0.4 is 5.32 Å². The molecule has 1 aromatic carbocycles. The van der Waals surface area contributed by atoms with Crippen LogP contribution in [0.15, 0.2) is 32.5 Å². The number of hydrogen-bond donors (Lipinski definition) is 2. The minimum atomic E-state index is -1.11. The van der Waals surface area contributed by atoms with E-state index in [1.54, 1.807) is 6.07 Å². The molecule has 1 aromatic heterocycles. The Labute approximate surface area is 140 Å². The lowest BCUT2D eigenvalue weighted by atomic mass is 10.2. The molecule has 0 aliphatic rings. The van der Waals surface area contributed by atoms with Gasteiger partial charge in [0.1, 0.15) is 0 Å². The molecule has 2 aromatic rings. The molecular formula is C12H6Br2ClNO3S. The number of carboxylic acids is 1. The first-order valence-corrected chi connectivity index (χ1v) is 7.95. The van der Waals surface area contributed by atoms with Crippen LogP contribution in [0.25, 0.3) is 0 Å². The maximum absolute atomic E-state index is 12.0. The quantitative estimate of drug-likeness (QED) is 0.717. The number of carboxylic acid groups (broad SMARTS) is 1. The number of carbonyl (C=O) groups excluding carboxylic acids is 1. The molecule has 0 atom stereocenters. The molecule has 0 saturated heterocycles. The number of hydrogen-bond acceptors (Lipinski definition) is 3. The summed E-state index contributed by atoms with van der Waals surface area (Å²) in [6, 6.07) is 5.83. The third kappa shape index (κ3) is 3.60. The summed E-state index contributed by atoms with van der Waals surface area (Å²) >= 11 is 13.7. The van der Waals surface area contributed by atoms with E-state index < -0.39 is 5.97 Å². The molecular weight excluding hydrogens is 433 g/mol. The van der Waals surface area contributed by atoms with Gasteiger partial charge in [-0.25, -0.2) is 4.79 Å². The highest BCUT2D eigenvalue weighted by atomic mass is 79.9. The van der Waals surface area contributed by atoms with Crippen molar-refractivity contribution in [3.05, 3.63) is 48.0 Å². The van der Waals surface area contributed by atoms with Crippen LogP contribution in [0.3, 0.4) is 0 Å². The van der Waals surface area contributed by atoms with Crippen LogP contribution in [0.5, 0.6) is 0 Å². The number of thiophene rings is 1. The number of carbonyl (C=O) groups is 2. The summed E-state index contributed by atoms with van der Waals surface area (Å²) in [6.07, 6.45) is 0. The maximum atomic E-state index is 12.0. The van der Waals surface area contributed by atoms with Crippen LogP contribution in [0.1, 0.15) is 20.0 Å². The number of halogens is 3. The monoisotopic (exact) mass is 437 g/mol. The molecule has 1 heterocycles. The molecule has 4 nitrogen and oxygen atoms in total. The third-order valence-corrected chi connectivity index (χ3v) is 5.74. The van der Waals surface area contributed by atoms with E-state index in [1.165, 1.54) is 29.5 Å². The summed E-state index contributed by atoms with van der Waals surface area (Å²) in [4.78, 5) is 23.5. The van der Waals surface area contributed by atoms with Crippen LogP contribution >= 0.6 is 54.8 Å². The molecule has 0 aliphatic carbocycles. The Morgan fingerprint density at radius 3 is 2.45 bits per heavy atom. The zero-order valence-corrected chi connectivity index (χ0v) is 14.4. The largest absolute Gasteiger partial charge is 0.478 e. The van der Waals surface area contributed by atoms with Crippen molar-refractivity contribution in [1.82, 2.24) is 0 Å². The molecule has 0 radical (unpaired) electrons. The van der Waals surface area contributed by atoms with Gasteiger partial charge in [-0.2, -0.15) is 0 Å². The smallest absolute Gasteiger partial charge is 0.335 e. The average molecular weight is 440 g/mol. The normalized spacial score (nSPS) is 10.3. The number of aromatic carboxylic acids is 1. The first-order valence-electron chi connectivity index (χ1n) is 5.17. The maximum Gasteiger partial charge on any atom is 0.335 e. The highest BCUT2D eigenvalue weighted by Gasteiger charge is 2.14. The zero-order valence-electron chi connectivity index (χ0n) is 9.62. The van der Waals surface area contributed by atoms with E-state index in [9.17, 15) is 9.59 Å². The lowest BCUT2D eigenvalue weighted by Gasteiger charge is -2.05. The third-order valence-electron chi connectivity index (χ3n) is 2.27. The fourth-order valence-electron chi connectivity index (χ4n) is 1.44. The van der Waals surface area contributed by atoms with Crippen LogP contribution in [-0.2, 0) is 0 Å². The van der Waals surface area contributed by atoms with E-state index in [1.807, 2.05) is 0 Å². The first kappa shape index (κ1) is 15.5. The van der Waals surface area contributed by atoms with Crippen molar-refractivity contribution in [3.8, 4) is 0 Å². The van der Waals surface area contributed by atoms with Crippen LogP contribution in [-0.4, -0.2) is 17.0 Å². The van der Waals surface area contributed by atoms with Crippen molar-refractivity contribution in [3.63, 3.8) is 0 Å². The Morgan fingerprint density at radius 2 is 1.90 bits per heavy atom. The molecule has 2 N–H and O–H groups in total. The average Bonchev–Trinajstić information content (AvgIpc) is 2.69. The van der Waals surface area contributed by atoms with Gasteiger partial charge in [0.15, 0.2) is 0 Å². The fraction of sp³-hybridized carbons (Fsp3) is 0. The van der Waals surface area contributed by atoms with Gasteiger partial charge in [0, 0.05) is 15.2 Å². The highest BCUT2D eigenvalue weighted by molar-refractivity contribution is 9.13. The van der Waals surface area contributed by atoms with Crippen molar-refractivity contribution in [2.75, 3.05) is 5.32 Å². The number of benzene rings is 1. The molecule has 104 valence electrons. The van der Waals surface area contributed by atoms with E-state index in [4.69, 9.17) is 16.7 Å². The first-order chi connectivity index (χ1) is 9.36. The minimum absolute atomic E-state index is 0.0151. The molecule has 0 aliphatic heterocycles. The number of nitrogens with one attached hydrogen (secondary N) is 1. The standard InChI is InChI=1S/C12H6Br2ClNO3S/c13-8-4-9(20-10(8)14)11(17)16-7-2-5(12(18)19)1-6(15)3-7/h1-4H,(H,16,17)(H,18,19). The molecule has 0 bridgehead atoms. The molecule has 0 unspecified atom stereocenters. The van der Waals surface area contributed by atoms with E-state index in [2.05, 4.69) is 37.2 Å². The highest BCUT2D eigenvalue weighted by Crippen LogP contribution is 2.32. The molecule has 0 saturated carbocycles.